The third-order valence-electron chi connectivity index (χ3n) is 3.14. The number of hydrogen-bond donors (Lipinski definition) is 2. The van der Waals surface area contributed by atoms with Gasteiger partial charge in [-0.15, -0.1) is 0 Å². The molecule has 1 atom stereocenters. The maximum atomic E-state index is 11.9. The van der Waals surface area contributed by atoms with Crippen LogP contribution >= 0.6 is 0 Å². The van der Waals surface area contributed by atoms with Gasteiger partial charge < -0.3 is 15.3 Å². The Kier molecular flexibility index (Phi) is 3.98. The zero-order valence-electron chi connectivity index (χ0n) is 9.80. The number of nitrogens with zero attached hydrogens (tertiary/aromatic N) is 1. The molecule has 1 saturated heterocycles. The number of carbonyl (C=O) groups excluding carboxylic acids is 1. The zero-order chi connectivity index (χ0) is 12.1. The van der Waals surface area contributed by atoms with Crippen LogP contribution in [0.1, 0.15) is 18.4 Å². The van der Waals surface area contributed by atoms with Crippen molar-refractivity contribution < 1.29 is 9.90 Å². The van der Waals surface area contributed by atoms with Crippen molar-refractivity contribution in [3.05, 3.63) is 35.9 Å². The van der Waals surface area contributed by atoms with E-state index in [0.717, 1.165) is 24.9 Å². The van der Waals surface area contributed by atoms with Crippen molar-refractivity contribution in [3.8, 4) is 0 Å². The molecule has 4 heteroatoms. The maximum Gasteiger partial charge on any atom is 0.317 e. The highest BCUT2D eigenvalue weighted by molar-refractivity contribution is 5.74. The Labute approximate surface area is 101 Å². The predicted octanol–water partition coefficient (Wildman–Crippen LogP) is 1.35. The van der Waals surface area contributed by atoms with Crippen LogP contribution < -0.4 is 5.32 Å². The Hall–Kier alpha value is -1.55. The molecule has 1 aromatic rings. The Morgan fingerprint density at radius 3 is 2.88 bits per heavy atom. The second kappa shape index (κ2) is 5.68. The molecule has 17 heavy (non-hydrogen) atoms. The Balaban J connectivity index is 1.85. The lowest BCUT2D eigenvalue weighted by Crippen LogP contribution is -2.43. The van der Waals surface area contributed by atoms with Gasteiger partial charge in [0.05, 0.1) is 12.6 Å². The van der Waals surface area contributed by atoms with Crippen molar-refractivity contribution >= 4 is 6.03 Å². The topological polar surface area (TPSA) is 52.6 Å². The largest absolute Gasteiger partial charge is 0.394 e. The molecule has 1 aliphatic heterocycles. The Bertz CT molecular complexity index is 367. The van der Waals surface area contributed by atoms with E-state index in [1.165, 1.54) is 0 Å². The predicted molar refractivity (Wildman–Crippen MR) is 65.5 cm³/mol. The summed E-state index contributed by atoms with van der Waals surface area (Å²) in [6.45, 7) is 1.33. The van der Waals surface area contributed by atoms with Crippen LogP contribution in [0.2, 0.25) is 0 Å². The van der Waals surface area contributed by atoms with E-state index in [4.69, 9.17) is 5.11 Å². The SMILES string of the molecule is O=C(NCc1ccccc1)N1CCC[C@@H]1CO. The average Bonchev–Trinajstić information content (AvgIpc) is 2.85. The summed E-state index contributed by atoms with van der Waals surface area (Å²) < 4.78 is 0. The lowest BCUT2D eigenvalue weighted by molar-refractivity contribution is 0.157. The minimum Gasteiger partial charge on any atom is -0.394 e. The van der Waals surface area contributed by atoms with Crippen molar-refractivity contribution in [1.82, 2.24) is 10.2 Å². The van der Waals surface area contributed by atoms with Gasteiger partial charge in [-0.3, -0.25) is 0 Å². The quantitative estimate of drug-likeness (QED) is 0.829. The standard InChI is InChI=1S/C13H18N2O2/c16-10-12-7-4-8-15(12)13(17)14-9-11-5-2-1-3-6-11/h1-3,5-6,12,16H,4,7-10H2,(H,14,17)/t12-/m1/s1. The van der Waals surface area contributed by atoms with E-state index in [2.05, 4.69) is 5.32 Å². The van der Waals surface area contributed by atoms with E-state index in [0.29, 0.717) is 6.54 Å². The van der Waals surface area contributed by atoms with Crippen LogP contribution in [0, 0.1) is 0 Å². The number of nitrogens with one attached hydrogen (secondary N) is 1. The zero-order valence-corrected chi connectivity index (χ0v) is 9.80. The smallest absolute Gasteiger partial charge is 0.317 e. The van der Waals surface area contributed by atoms with Crippen LogP contribution in [0.15, 0.2) is 30.3 Å². The van der Waals surface area contributed by atoms with Crippen LogP contribution in [0.25, 0.3) is 0 Å². The lowest BCUT2D eigenvalue weighted by Gasteiger charge is -2.23. The van der Waals surface area contributed by atoms with Crippen LogP contribution in [0.3, 0.4) is 0 Å². The molecule has 2 N–H and O–H groups in total. The normalized spacial score (nSPS) is 19.4. The first-order valence-corrected chi connectivity index (χ1v) is 6.00. The number of carbonyl (C=O) groups is 1. The molecule has 0 spiro atoms. The van der Waals surface area contributed by atoms with Crippen molar-refractivity contribution in [1.29, 1.82) is 0 Å². The maximum absolute atomic E-state index is 11.9. The van der Waals surface area contributed by atoms with Crippen molar-refractivity contribution in [2.24, 2.45) is 0 Å². The number of aliphatic hydroxyl groups excluding tert-OH is 1. The molecular formula is C13H18N2O2. The van der Waals surface area contributed by atoms with Gasteiger partial charge in [0.15, 0.2) is 0 Å². The summed E-state index contributed by atoms with van der Waals surface area (Å²) in [4.78, 5) is 13.6. The van der Waals surface area contributed by atoms with Gasteiger partial charge >= 0.3 is 6.03 Å². The molecule has 1 fully saturated rings. The summed E-state index contributed by atoms with van der Waals surface area (Å²) in [6.07, 6.45) is 1.87. The van der Waals surface area contributed by atoms with Crippen molar-refractivity contribution in [2.45, 2.75) is 25.4 Å². The van der Waals surface area contributed by atoms with Gasteiger partial charge in [0.2, 0.25) is 0 Å². The Morgan fingerprint density at radius 2 is 2.18 bits per heavy atom. The fraction of sp³-hybridized carbons (Fsp3) is 0.462. The lowest BCUT2D eigenvalue weighted by atomic mass is 10.2. The molecule has 4 nitrogen and oxygen atoms in total. The molecule has 0 aromatic heterocycles. The van der Waals surface area contributed by atoms with Gasteiger partial charge in [-0.05, 0) is 18.4 Å². The third-order valence-corrected chi connectivity index (χ3v) is 3.14. The molecule has 0 unspecified atom stereocenters. The second-order valence-corrected chi connectivity index (χ2v) is 4.32. The number of hydrogen-bond acceptors (Lipinski definition) is 2. The average molecular weight is 234 g/mol. The van der Waals surface area contributed by atoms with Crippen LogP contribution in [-0.2, 0) is 6.54 Å². The molecule has 0 aliphatic carbocycles. The number of rotatable bonds is 3. The number of likely N-dealkylation sites (tertiary alicyclic amines) is 1. The molecule has 1 heterocycles. The van der Waals surface area contributed by atoms with Crippen molar-refractivity contribution in [3.63, 3.8) is 0 Å². The van der Waals surface area contributed by atoms with Gasteiger partial charge in [-0.25, -0.2) is 4.79 Å². The minimum atomic E-state index is -0.0783. The van der Waals surface area contributed by atoms with Gasteiger partial charge in [0.25, 0.3) is 0 Å². The minimum absolute atomic E-state index is 0.00854. The summed E-state index contributed by atoms with van der Waals surface area (Å²) in [5, 5.41) is 12.0. The molecule has 0 saturated carbocycles. The summed E-state index contributed by atoms with van der Waals surface area (Å²) in [7, 11) is 0. The number of aliphatic hydroxyl groups is 1. The first-order chi connectivity index (χ1) is 8.31. The molecule has 92 valence electrons. The molecule has 2 amide bonds. The number of amides is 2. The van der Waals surface area contributed by atoms with Gasteiger partial charge in [0, 0.05) is 13.1 Å². The van der Waals surface area contributed by atoms with E-state index in [1.54, 1.807) is 4.90 Å². The first kappa shape index (κ1) is 11.9. The highest BCUT2D eigenvalue weighted by atomic mass is 16.3. The highest BCUT2D eigenvalue weighted by Crippen LogP contribution is 2.16. The molecule has 1 aromatic carbocycles. The van der Waals surface area contributed by atoms with Crippen molar-refractivity contribution in [2.75, 3.05) is 13.2 Å². The molecule has 0 radical (unpaired) electrons. The van der Waals surface area contributed by atoms with Crippen LogP contribution in [-0.4, -0.2) is 35.2 Å². The first-order valence-electron chi connectivity index (χ1n) is 6.00. The molecule has 1 aliphatic rings. The summed E-state index contributed by atoms with van der Waals surface area (Å²) in [5.74, 6) is 0. The fourth-order valence-electron chi connectivity index (χ4n) is 2.17. The summed E-state index contributed by atoms with van der Waals surface area (Å²) in [5.41, 5.74) is 1.08. The molecular weight excluding hydrogens is 216 g/mol. The van der Waals surface area contributed by atoms with E-state index < -0.39 is 0 Å². The van der Waals surface area contributed by atoms with Gasteiger partial charge in [-0.1, -0.05) is 30.3 Å². The molecule has 0 bridgehead atoms. The van der Waals surface area contributed by atoms with Crippen LogP contribution in [0.4, 0.5) is 4.79 Å². The van der Waals surface area contributed by atoms with E-state index in [-0.39, 0.29) is 18.7 Å². The van der Waals surface area contributed by atoms with E-state index in [9.17, 15) is 4.79 Å². The highest BCUT2D eigenvalue weighted by Gasteiger charge is 2.27. The number of urea groups is 1. The van der Waals surface area contributed by atoms with Gasteiger partial charge in [-0.2, -0.15) is 0 Å². The van der Waals surface area contributed by atoms with Gasteiger partial charge in [0.1, 0.15) is 0 Å². The second-order valence-electron chi connectivity index (χ2n) is 4.32. The van der Waals surface area contributed by atoms with E-state index in [1.807, 2.05) is 30.3 Å². The summed E-state index contributed by atoms with van der Waals surface area (Å²) >= 11 is 0. The monoisotopic (exact) mass is 234 g/mol. The van der Waals surface area contributed by atoms with Crippen LogP contribution in [0.5, 0.6) is 0 Å². The molecule has 2 rings (SSSR count). The number of benzene rings is 1. The van der Waals surface area contributed by atoms with E-state index >= 15 is 0 Å². The third kappa shape index (κ3) is 2.97. The fourth-order valence-corrected chi connectivity index (χ4v) is 2.17. The Morgan fingerprint density at radius 1 is 1.41 bits per heavy atom. The summed E-state index contributed by atoms with van der Waals surface area (Å²) in [6, 6.07) is 9.73.